The van der Waals surface area contributed by atoms with Gasteiger partial charge in [0.1, 0.15) is 0 Å². The first-order valence-corrected chi connectivity index (χ1v) is 7.17. The third-order valence-corrected chi connectivity index (χ3v) is 4.40. The van der Waals surface area contributed by atoms with Crippen LogP contribution in [0.3, 0.4) is 0 Å². The van der Waals surface area contributed by atoms with Crippen molar-refractivity contribution < 1.29 is 0 Å². The normalized spacial score (nSPS) is 15.2. The lowest BCUT2D eigenvalue weighted by Crippen LogP contribution is -2.16. The molecule has 0 saturated carbocycles. The Morgan fingerprint density at radius 1 is 1.22 bits per heavy atom. The van der Waals surface area contributed by atoms with E-state index in [1.165, 1.54) is 23.3 Å². The quantitative estimate of drug-likeness (QED) is 0.862. The van der Waals surface area contributed by atoms with Crippen molar-refractivity contribution in [1.82, 2.24) is 4.98 Å². The molecule has 2 aromatic rings. The summed E-state index contributed by atoms with van der Waals surface area (Å²) >= 11 is 1.79. The van der Waals surface area contributed by atoms with Gasteiger partial charge in [-0.1, -0.05) is 18.2 Å². The number of thiazole rings is 1. The van der Waals surface area contributed by atoms with Gasteiger partial charge in [-0.15, -0.1) is 11.3 Å². The Morgan fingerprint density at radius 2 is 2.00 bits per heavy atom. The van der Waals surface area contributed by atoms with E-state index >= 15 is 0 Å². The zero-order valence-electron chi connectivity index (χ0n) is 10.3. The van der Waals surface area contributed by atoms with Gasteiger partial charge in [0, 0.05) is 36.3 Å². The van der Waals surface area contributed by atoms with Crippen molar-refractivity contribution >= 4 is 22.2 Å². The molecular weight excluding hydrogens is 242 g/mol. The number of hydrogen-bond acceptors (Lipinski definition) is 4. The number of aromatic nitrogens is 1. The molecule has 1 aliphatic rings. The van der Waals surface area contributed by atoms with Gasteiger partial charge < -0.3 is 10.6 Å². The standard InChI is InChI=1S/C14H17N3S/c15-13-6-2-1-5-11(13)9-12-10-16-14(18-12)17-7-3-4-8-17/h1-2,5-6,10H,3-4,7-9,15H2. The minimum absolute atomic E-state index is 0.869. The highest BCUT2D eigenvalue weighted by molar-refractivity contribution is 7.15. The van der Waals surface area contributed by atoms with E-state index in [1.54, 1.807) is 11.3 Å². The van der Waals surface area contributed by atoms with E-state index in [0.717, 1.165) is 30.3 Å². The van der Waals surface area contributed by atoms with Crippen LogP contribution in [0.15, 0.2) is 30.5 Å². The smallest absolute Gasteiger partial charge is 0.185 e. The maximum absolute atomic E-state index is 5.97. The van der Waals surface area contributed by atoms with Crippen LogP contribution in [0.2, 0.25) is 0 Å². The summed E-state index contributed by atoms with van der Waals surface area (Å²) in [4.78, 5) is 8.19. The Hall–Kier alpha value is -1.55. The number of hydrogen-bond donors (Lipinski definition) is 1. The SMILES string of the molecule is Nc1ccccc1Cc1cnc(N2CCCC2)s1. The summed E-state index contributed by atoms with van der Waals surface area (Å²) in [6.45, 7) is 2.31. The van der Waals surface area contributed by atoms with Gasteiger partial charge in [0.2, 0.25) is 0 Å². The number of rotatable bonds is 3. The third kappa shape index (κ3) is 2.34. The minimum Gasteiger partial charge on any atom is -0.398 e. The predicted molar refractivity (Wildman–Crippen MR) is 77.2 cm³/mol. The molecule has 0 unspecified atom stereocenters. The molecule has 1 aromatic carbocycles. The third-order valence-electron chi connectivity index (χ3n) is 3.34. The summed E-state index contributed by atoms with van der Waals surface area (Å²) in [5.74, 6) is 0. The van der Waals surface area contributed by atoms with Gasteiger partial charge >= 0.3 is 0 Å². The van der Waals surface area contributed by atoms with Crippen molar-refractivity contribution in [1.29, 1.82) is 0 Å². The van der Waals surface area contributed by atoms with Gasteiger partial charge in [-0.3, -0.25) is 0 Å². The number of para-hydroxylation sites is 1. The first kappa shape index (κ1) is 11.5. The lowest BCUT2D eigenvalue weighted by Gasteiger charge is -2.12. The van der Waals surface area contributed by atoms with Crippen molar-refractivity contribution in [2.24, 2.45) is 0 Å². The molecule has 94 valence electrons. The molecule has 0 spiro atoms. The maximum atomic E-state index is 5.97. The Bertz CT molecular complexity index is 529. The Kier molecular flexibility index (Phi) is 3.19. The first-order valence-electron chi connectivity index (χ1n) is 6.36. The molecule has 0 aliphatic carbocycles. The monoisotopic (exact) mass is 259 g/mol. The van der Waals surface area contributed by atoms with Crippen LogP contribution in [0.1, 0.15) is 23.3 Å². The molecule has 3 rings (SSSR count). The average molecular weight is 259 g/mol. The van der Waals surface area contributed by atoms with Crippen molar-refractivity contribution in [3.63, 3.8) is 0 Å². The van der Waals surface area contributed by atoms with Gasteiger partial charge in [-0.25, -0.2) is 4.98 Å². The van der Waals surface area contributed by atoms with Crippen molar-refractivity contribution in [3.05, 3.63) is 40.9 Å². The molecular formula is C14H17N3S. The maximum Gasteiger partial charge on any atom is 0.185 e. The summed E-state index contributed by atoms with van der Waals surface area (Å²) in [6.07, 6.45) is 5.46. The molecule has 18 heavy (non-hydrogen) atoms. The molecule has 4 heteroatoms. The topological polar surface area (TPSA) is 42.1 Å². The number of nitrogen functional groups attached to an aromatic ring is 1. The molecule has 0 radical (unpaired) electrons. The van der Waals surface area contributed by atoms with E-state index in [4.69, 9.17) is 5.73 Å². The number of nitrogens with zero attached hydrogens (tertiary/aromatic N) is 2. The lowest BCUT2D eigenvalue weighted by atomic mass is 10.1. The van der Waals surface area contributed by atoms with Crippen molar-refractivity contribution in [2.45, 2.75) is 19.3 Å². The number of anilines is 2. The van der Waals surface area contributed by atoms with Crippen molar-refractivity contribution in [2.75, 3.05) is 23.7 Å². The molecule has 1 fully saturated rings. The molecule has 1 aliphatic heterocycles. The van der Waals surface area contributed by atoms with Crippen LogP contribution in [0, 0.1) is 0 Å². The molecule has 2 N–H and O–H groups in total. The Labute approximate surface area is 111 Å². The minimum atomic E-state index is 0.869. The summed E-state index contributed by atoms with van der Waals surface area (Å²) in [6, 6.07) is 8.05. The van der Waals surface area contributed by atoms with Crippen LogP contribution >= 0.6 is 11.3 Å². The van der Waals surface area contributed by atoms with E-state index in [9.17, 15) is 0 Å². The van der Waals surface area contributed by atoms with E-state index in [1.807, 2.05) is 24.4 Å². The fraction of sp³-hybridized carbons (Fsp3) is 0.357. The molecule has 0 atom stereocenters. The van der Waals surface area contributed by atoms with Crippen LogP contribution in [0.25, 0.3) is 0 Å². The van der Waals surface area contributed by atoms with Crippen LogP contribution in [0.5, 0.6) is 0 Å². The fourth-order valence-corrected chi connectivity index (χ4v) is 3.30. The van der Waals surface area contributed by atoms with Gasteiger partial charge in [0.05, 0.1) is 0 Å². The highest BCUT2D eigenvalue weighted by atomic mass is 32.1. The second-order valence-corrected chi connectivity index (χ2v) is 5.77. The van der Waals surface area contributed by atoms with Crippen LogP contribution in [0.4, 0.5) is 10.8 Å². The highest BCUT2D eigenvalue weighted by Crippen LogP contribution is 2.28. The predicted octanol–water partition coefficient (Wildman–Crippen LogP) is 2.92. The molecule has 1 aromatic heterocycles. The first-order chi connectivity index (χ1) is 8.83. The van der Waals surface area contributed by atoms with Crippen LogP contribution in [-0.4, -0.2) is 18.1 Å². The van der Waals surface area contributed by atoms with Crippen molar-refractivity contribution in [3.8, 4) is 0 Å². The van der Waals surface area contributed by atoms with Gasteiger partial charge in [0.25, 0.3) is 0 Å². The van der Waals surface area contributed by atoms with Gasteiger partial charge in [0.15, 0.2) is 5.13 Å². The van der Waals surface area contributed by atoms with Crippen LogP contribution in [-0.2, 0) is 6.42 Å². The zero-order valence-corrected chi connectivity index (χ0v) is 11.1. The molecule has 3 nitrogen and oxygen atoms in total. The van der Waals surface area contributed by atoms with E-state index < -0.39 is 0 Å². The summed E-state index contributed by atoms with van der Waals surface area (Å²) in [7, 11) is 0. The summed E-state index contributed by atoms with van der Waals surface area (Å²) in [5, 5.41) is 1.16. The zero-order chi connectivity index (χ0) is 12.4. The average Bonchev–Trinajstić information content (AvgIpc) is 3.02. The lowest BCUT2D eigenvalue weighted by molar-refractivity contribution is 0.949. The number of benzene rings is 1. The fourth-order valence-electron chi connectivity index (χ4n) is 2.32. The summed E-state index contributed by atoms with van der Waals surface area (Å²) < 4.78 is 0. The second-order valence-electron chi connectivity index (χ2n) is 4.68. The Balaban J connectivity index is 1.75. The second kappa shape index (κ2) is 4.98. The van der Waals surface area contributed by atoms with E-state index in [-0.39, 0.29) is 0 Å². The van der Waals surface area contributed by atoms with Gasteiger partial charge in [-0.05, 0) is 24.5 Å². The van der Waals surface area contributed by atoms with Gasteiger partial charge in [-0.2, -0.15) is 0 Å². The summed E-state index contributed by atoms with van der Waals surface area (Å²) in [5.41, 5.74) is 8.03. The largest absolute Gasteiger partial charge is 0.398 e. The highest BCUT2D eigenvalue weighted by Gasteiger charge is 2.15. The number of nitrogens with two attached hydrogens (primary N) is 1. The van der Waals surface area contributed by atoms with Crippen LogP contribution < -0.4 is 10.6 Å². The molecule has 0 amide bonds. The molecule has 1 saturated heterocycles. The Morgan fingerprint density at radius 3 is 2.78 bits per heavy atom. The molecule has 2 heterocycles. The molecule has 0 bridgehead atoms. The van der Waals surface area contributed by atoms with E-state index in [2.05, 4.69) is 16.0 Å². The van der Waals surface area contributed by atoms with E-state index in [0.29, 0.717) is 0 Å².